The summed E-state index contributed by atoms with van der Waals surface area (Å²) in [6.07, 6.45) is 2.37. The van der Waals surface area contributed by atoms with Gasteiger partial charge in [0.25, 0.3) is 0 Å². The molecule has 0 aliphatic carbocycles. The first-order valence-electron chi connectivity index (χ1n) is 6.33. The molecule has 0 aliphatic heterocycles. The average molecular weight is 235 g/mol. The normalized spacial score (nSPS) is 14.4. The molecule has 3 N–H and O–H groups in total. The van der Waals surface area contributed by atoms with Crippen molar-refractivity contribution in [2.75, 3.05) is 19.0 Å². The van der Waals surface area contributed by atoms with Crippen LogP contribution in [-0.2, 0) is 0 Å². The van der Waals surface area contributed by atoms with Crippen molar-refractivity contribution in [3.8, 4) is 0 Å². The largest absolute Gasteiger partial charge is 0.378 e. The van der Waals surface area contributed by atoms with Gasteiger partial charge in [-0.25, -0.2) is 0 Å². The van der Waals surface area contributed by atoms with Gasteiger partial charge in [0.15, 0.2) is 0 Å². The van der Waals surface area contributed by atoms with Crippen LogP contribution in [0.4, 0.5) is 5.69 Å². The van der Waals surface area contributed by atoms with E-state index < -0.39 is 0 Å². The Morgan fingerprint density at radius 3 is 2.24 bits per heavy atom. The van der Waals surface area contributed by atoms with E-state index in [1.807, 2.05) is 14.1 Å². The third-order valence-corrected chi connectivity index (χ3v) is 3.26. The summed E-state index contributed by atoms with van der Waals surface area (Å²) in [4.78, 5) is 2.10. The highest BCUT2D eigenvalue weighted by atomic mass is 15.2. The molecule has 1 rings (SSSR count). The van der Waals surface area contributed by atoms with Gasteiger partial charge in [-0.2, -0.15) is 0 Å². The van der Waals surface area contributed by atoms with Crippen LogP contribution in [0, 0.1) is 5.92 Å². The number of benzene rings is 1. The number of hydrazine groups is 1. The molecule has 0 saturated carbocycles. The monoisotopic (exact) mass is 235 g/mol. The standard InChI is InChI=1S/C14H25N3/c1-5-6-11(2)14(16-15)12-7-9-13(10-8-12)17(3)4/h7-11,14,16H,5-6,15H2,1-4H3. The lowest BCUT2D eigenvalue weighted by Crippen LogP contribution is -2.32. The maximum atomic E-state index is 5.67. The van der Waals surface area contributed by atoms with Gasteiger partial charge in [-0.15, -0.1) is 0 Å². The number of nitrogens with one attached hydrogen (secondary N) is 1. The van der Waals surface area contributed by atoms with Crippen LogP contribution >= 0.6 is 0 Å². The molecule has 0 radical (unpaired) electrons. The van der Waals surface area contributed by atoms with E-state index in [1.165, 1.54) is 24.1 Å². The highest BCUT2D eigenvalue weighted by molar-refractivity contribution is 5.46. The van der Waals surface area contributed by atoms with Crippen molar-refractivity contribution >= 4 is 5.69 Å². The van der Waals surface area contributed by atoms with E-state index in [0.717, 1.165) is 0 Å². The quantitative estimate of drug-likeness (QED) is 0.588. The minimum absolute atomic E-state index is 0.242. The maximum absolute atomic E-state index is 5.67. The van der Waals surface area contributed by atoms with E-state index in [-0.39, 0.29) is 6.04 Å². The summed E-state index contributed by atoms with van der Waals surface area (Å²) in [7, 11) is 4.10. The molecule has 0 amide bonds. The predicted molar refractivity (Wildman–Crippen MR) is 74.9 cm³/mol. The van der Waals surface area contributed by atoms with Gasteiger partial charge in [0.05, 0.1) is 0 Å². The third kappa shape index (κ3) is 3.72. The Labute approximate surface area is 105 Å². The van der Waals surface area contributed by atoms with Crippen molar-refractivity contribution in [1.82, 2.24) is 5.43 Å². The molecule has 1 aromatic rings. The van der Waals surface area contributed by atoms with Crippen LogP contribution in [0.5, 0.6) is 0 Å². The third-order valence-electron chi connectivity index (χ3n) is 3.26. The molecule has 0 saturated heterocycles. The van der Waals surface area contributed by atoms with Gasteiger partial charge in [-0.05, 0) is 30.0 Å². The first-order valence-corrected chi connectivity index (χ1v) is 6.33. The van der Waals surface area contributed by atoms with Crippen LogP contribution in [0.15, 0.2) is 24.3 Å². The van der Waals surface area contributed by atoms with Gasteiger partial charge < -0.3 is 4.90 Å². The zero-order chi connectivity index (χ0) is 12.8. The summed E-state index contributed by atoms with van der Waals surface area (Å²) >= 11 is 0. The molecule has 96 valence electrons. The second kappa shape index (κ2) is 6.62. The van der Waals surface area contributed by atoms with Crippen LogP contribution in [-0.4, -0.2) is 14.1 Å². The molecule has 0 fully saturated rings. The molecule has 0 spiro atoms. The van der Waals surface area contributed by atoms with Gasteiger partial charge in [-0.3, -0.25) is 11.3 Å². The summed E-state index contributed by atoms with van der Waals surface area (Å²) in [5, 5.41) is 0. The fraction of sp³-hybridized carbons (Fsp3) is 0.571. The van der Waals surface area contributed by atoms with Crippen molar-refractivity contribution in [3.05, 3.63) is 29.8 Å². The van der Waals surface area contributed by atoms with E-state index in [9.17, 15) is 0 Å². The van der Waals surface area contributed by atoms with Crippen molar-refractivity contribution in [1.29, 1.82) is 0 Å². The Hall–Kier alpha value is -1.06. The number of hydrogen-bond donors (Lipinski definition) is 2. The minimum Gasteiger partial charge on any atom is -0.378 e. The van der Waals surface area contributed by atoms with E-state index >= 15 is 0 Å². The second-order valence-corrected chi connectivity index (χ2v) is 4.90. The first kappa shape index (κ1) is 14.0. The van der Waals surface area contributed by atoms with Gasteiger partial charge in [-0.1, -0.05) is 32.4 Å². The van der Waals surface area contributed by atoms with Gasteiger partial charge in [0.2, 0.25) is 0 Å². The van der Waals surface area contributed by atoms with Crippen molar-refractivity contribution < 1.29 is 0 Å². The Kier molecular flexibility index (Phi) is 5.45. The number of nitrogens with zero attached hydrogens (tertiary/aromatic N) is 1. The Morgan fingerprint density at radius 1 is 1.24 bits per heavy atom. The molecular weight excluding hydrogens is 210 g/mol. The molecule has 3 heteroatoms. The smallest absolute Gasteiger partial charge is 0.0485 e. The fourth-order valence-electron chi connectivity index (χ4n) is 2.19. The highest BCUT2D eigenvalue weighted by Gasteiger charge is 2.16. The topological polar surface area (TPSA) is 41.3 Å². The summed E-state index contributed by atoms with van der Waals surface area (Å²) in [6, 6.07) is 8.83. The Balaban J connectivity index is 2.82. The van der Waals surface area contributed by atoms with E-state index in [1.54, 1.807) is 0 Å². The van der Waals surface area contributed by atoms with E-state index in [4.69, 9.17) is 5.84 Å². The molecule has 2 atom stereocenters. The van der Waals surface area contributed by atoms with Gasteiger partial charge in [0.1, 0.15) is 0 Å². The van der Waals surface area contributed by atoms with Crippen LogP contribution in [0.3, 0.4) is 0 Å². The molecule has 17 heavy (non-hydrogen) atoms. The number of hydrogen-bond acceptors (Lipinski definition) is 3. The zero-order valence-electron chi connectivity index (χ0n) is 11.4. The van der Waals surface area contributed by atoms with Crippen molar-refractivity contribution in [3.63, 3.8) is 0 Å². The average Bonchev–Trinajstić information content (AvgIpc) is 2.31. The summed E-state index contributed by atoms with van der Waals surface area (Å²) in [5.74, 6) is 6.22. The second-order valence-electron chi connectivity index (χ2n) is 4.90. The summed E-state index contributed by atoms with van der Waals surface area (Å²) < 4.78 is 0. The minimum atomic E-state index is 0.242. The molecule has 0 heterocycles. The predicted octanol–water partition coefficient (Wildman–Crippen LogP) is 2.69. The van der Waals surface area contributed by atoms with Crippen LogP contribution in [0.2, 0.25) is 0 Å². The summed E-state index contributed by atoms with van der Waals surface area (Å²) in [5.41, 5.74) is 5.42. The van der Waals surface area contributed by atoms with E-state index in [0.29, 0.717) is 5.92 Å². The first-order chi connectivity index (χ1) is 8.10. The molecule has 0 aliphatic rings. The number of anilines is 1. The molecule has 1 aromatic carbocycles. The lowest BCUT2D eigenvalue weighted by molar-refractivity contribution is 0.368. The summed E-state index contributed by atoms with van der Waals surface area (Å²) in [6.45, 7) is 4.45. The van der Waals surface area contributed by atoms with E-state index in [2.05, 4.69) is 48.4 Å². The molecule has 0 bridgehead atoms. The lowest BCUT2D eigenvalue weighted by Gasteiger charge is -2.24. The Bertz CT molecular complexity index is 319. The zero-order valence-corrected chi connectivity index (χ0v) is 11.4. The molecule has 0 aromatic heterocycles. The lowest BCUT2D eigenvalue weighted by atomic mass is 9.91. The van der Waals surface area contributed by atoms with Gasteiger partial charge >= 0.3 is 0 Å². The molecular formula is C14H25N3. The van der Waals surface area contributed by atoms with Crippen molar-refractivity contribution in [2.24, 2.45) is 11.8 Å². The Morgan fingerprint density at radius 2 is 1.82 bits per heavy atom. The van der Waals surface area contributed by atoms with Crippen LogP contribution < -0.4 is 16.2 Å². The number of rotatable bonds is 6. The SMILES string of the molecule is CCCC(C)C(NN)c1ccc(N(C)C)cc1. The van der Waals surface area contributed by atoms with Crippen molar-refractivity contribution in [2.45, 2.75) is 32.7 Å². The molecule has 2 unspecified atom stereocenters. The van der Waals surface area contributed by atoms with Gasteiger partial charge in [0, 0.05) is 25.8 Å². The fourth-order valence-corrected chi connectivity index (χ4v) is 2.19. The maximum Gasteiger partial charge on any atom is 0.0485 e. The van der Waals surface area contributed by atoms with Crippen LogP contribution in [0.25, 0.3) is 0 Å². The number of nitrogens with two attached hydrogens (primary N) is 1. The van der Waals surface area contributed by atoms with Crippen LogP contribution in [0.1, 0.15) is 38.3 Å². The molecule has 3 nitrogen and oxygen atoms in total. The highest BCUT2D eigenvalue weighted by Crippen LogP contribution is 2.26.